The molecule has 1 aromatic carbocycles. The van der Waals surface area contributed by atoms with Crippen molar-refractivity contribution >= 4 is 11.2 Å². The molecule has 3 heterocycles. The summed E-state index contributed by atoms with van der Waals surface area (Å²) in [5, 5.41) is 0. The van der Waals surface area contributed by atoms with Crippen LogP contribution in [-0.2, 0) is 6.54 Å². The monoisotopic (exact) mass is 370 g/mol. The molecule has 3 aromatic heterocycles. The van der Waals surface area contributed by atoms with Gasteiger partial charge in [0.1, 0.15) is 0 Å². The molecule has 0 saturated carbocycles. The molecule has 4 aromatic rings. The van der Waals surface area contributed by atoms with E-state index >= 15 is 0 Å². The van der Waals surface area contributed by atoms with E-state index in [1.165, 1.54) is 10.8 Å². The van der Waals surface area contributed by atoms with Crippen molar-refractivity contribution in [1.82, 2.24) is 19.5 Å². The van der Waals surface area contributed by atoms with Gasteiger partial charge >= 0.3 is 5.69 Å². The van der Waals surface area contributed by atoms with Gasteiger partial charge in [-0.1, -0.05) is 6.07 Å². The first-order valence-electron chi connectivity index (χ1n) is 8.06. The third-order valence-electron chi connectivity index (χ3n) is 4.22. The van der Waals surface area contributed by atoms with Crippen LogP contribution in [0.25, 0.3) is 22.3 Å². The highest BCUT2D eigenvalue weighted by molar-refractivity contribution is 5.78. The van der Waals surface area contributed by atoms with Crippen LogP contribution in [0.15, 0.2) is 47.7 Å². The number of benzene rings is 1. The lowest BCUT2D eigenvalue weighted by molar-refractivity contribution is 0.447. The fourth-order valence-corrected chi connectivity index (χ4v) is 2.96. The van der Waals surface area contributed by atoms with E-state index in [-0.39, 0.29) is 17.8 Å². The number of aryl methyl sites for hydroxylation is 1. The molecule has 4 rings (SSSR count). The van der Waals surface area contributed by atoms with Crippen LogP contribution in [-0.4, -0.2) is 19.5 Å². The summed E-state index contributed by atoms with van der Waals surface area (Å²) in [6.07, 6.45) is 4.72. The number of H-pyrrole nitrogens is 1. The first kappa shape index (κ1) is 17.0. The van der Waals surface area contributed by atoms with E-state index in [0.717, 1.165) is 23.3 Å². The Morgan fingerprint density at radius 2 is 1.74 bits per heavy atom. The third kappa shape index (κ3) is 3.10. The molecule has 8 heteroatoms. The van der Waals surface area contributed by atoms with Gasteiger partial charge < -0.3 is 0 Å². The minimum atomic E-state index is -1.53. The fraction of sp³-hybridized carbons (Fsp3) is 0.105. The van der Waals surface area contributed by atoms with Crippen molar-refractivity contribution in [2.75, 3.05) is 0 Å². The lowest BCUT2D eigenvalue weighted by Gasteiger charge is -2.07. The number of aromatic nitrogens is 4. The largest absolute Gasteiger partial charge is 0.327 e. The second-order valence-electron chi connectivity index (χ2n) is 6.23. The molecule has 0 radical (unpaired) electrons. The number of hydrogen-bond donors (Lipinski definition) is 1. The Bertz CT molecular complexity index is 1210. The number of hydrogen-bond acceptors (Lipinski definition) is 3. The third-order valence-corrected chi connectivity index (χ3v) is 4.22. The predicted octanol–water partition coefficient (Wildman–Crippen LogP) is 3.56. The van der Waals surface area contributed by atoms with Gasteiger partial charge in [-0.15, -0.1) is 0 Å². The molecule has 136 valence electrons. The maximum absolute atomic E-state index is 13.5. The number of fused-ring (bicyclic) bond motifs is 1. The van der Waals surface area contributed by atoms with Crippen LogP contribution in [0.2, 0.25) is 0 Å². The molecular weight excluding hydrogens is 357 g/mol. The summed E-state index contributed by atoms with van der Waals surface area (Å²) in [5.74, 6) is -4.11. The SMILES string of the molecule is Cc1cncc(Cn2c(=O)[nH]c3ncc(-c4cc(F)c(F)c(F)c4)cc32)c1. The van der Waals surface area contributed by atoms with Gasteiger partial charge in [0.05, 0.1) is 12.1 Å². The van der Waals surface area contributed by atoms with E-state index in [9.17, 15) is 18.0 Å². The standard InChI is InChI=1S/C19H13F3N4O/c1-10-2-11(7-23-6-10)9-26-16-5-13(8-24-18(16)25-19(26)27)12-3-14(20)17(22)15(21)4-12/h2-8H,9H2,1H3,(H,24,25,27). The van der Waals surface area contributed by atoms with Crippen LogP contribution in [0, 0.1) is 24.4 Å². The molecule has 5 nitrogen and oxygen atoms in total. The summed E-state index contributed by atoms with van der Waals surface area (Å²) in [6.45, 7) is 2.15. The number of rotatable bonds is 3. The molecule has 0 fully saturated rings. The number of pyridine rings is 2. The highest BCUT2D eigenvalue weighted by Gasteiger charge is 2.14. The predicted molar refractivity (Wildman–Crippen MR) is 93.7 cm³/mol. The number of nitrogens with one attached hydrogen (secondary N) is 1. The van der Waals surface area contributed by atoms with Gasteiger partial charge in [0.25, 0.3) is 0 Å². The smallest absolute Gasteiger partial charge is 0.290 e. The van der Waals surface area contributed by atoms with Gasteiger partial charge in [0.15, 0.2) is 23.1 Å². The lowest BCUT2D eigenvalue weighted by atomic mass is 10.1. The van der Waals surface area contributed by atoms with Gasteiger partial charge in [0, 0.05) is 24.2 Å². The zero-order chi connectivity index (χ0) is 19.1. The Morgan fingerprint density at radius 1 is 1.00 bits per heavy atom. The van der Waals surface area contributed by atoms with Gasteiger partial charge in [-0.25, -0.2) is 22.9 Å². The van der Waals surface area contributed by atoms with E-state index < -0.39 is 17.5 Å². The summed E-state index contributed by atoms with van der Waals surface area (Å²) >= 11 is 0. The van der Waals surface area contributed by atoms with Crippen molar-refractivity contribution in [2.45, 2.75) is 13.5 Å². The highest BCUT2D eigenvalue weighted by atomic mass is 19.2. The van der Waals surface area contributed by atoms with Crippen molar-refractivity contribution in [3.63, 3.8) is 0 Å². The van der Waals surface area contributed by atoms with Gasteiger partial charge in [-0.05, 0) is 41.8 Å². The maximum atomic E-state index is 13.5. The Kier molecular flexibility index (Phi) is 4.02. The Hall–Kier alpha value is -3.42. The summed E-state index contributed by atoms with van der Waals surface area (Å²) < 4.78 is 41.7. The van der Waals surface area contributed by atoms with Crippen molar-refractivity contribution in [2.24, 2.45) is 0 Å². The molecule has 0 aliphatic heterocycles. The van der Waals surface area contributed by atoms with E-state index in [4.69, 9.17) is 0 Å². The Morgan fingerprint density at radius 3 is 2.44 bits per heavy atom. The summed E-state index contributed by atoms with van der Waals surface area (Å²) in [5.41, 5.74) is 2.69. The second-order valence-corrected chi connectivity index (χ2v) is 6.23. The topological polar surface area (TPSA) is 63.6 Å². The van der Waals surface area contributed by atoms with E-state index in [0.29, 0.717) is 16.7 Å². The zero-order valence-corrected chi connectivity index (χ0v) is 14.1. The Balaban J connectivity index is 1.83. The molecule has 0 atom stereocenters. The van der Waals surface area contributed by atoms with Crippen molar-refractivity contribution < 1.29 is 13.2 Å². The van der Waals surface area contributed by atoms with Crippen molar-refractivity contribution in [1.29, 1.82) is 0 Å². The van der Waals surface area contributed by atoms with Gasteiger partial charge in [-0.2, -0.15) is 0 Å². The first-order chi connectivity index (χ1) is 12.9. The summed E-state index contributed by atoms with van der Waals surface area (Å²) in [4.78, 5) is 23.2. The summed E-state index contributed by atoms with van der Waals surface area (Å²) in [7, 11) is 0. The molecule has 0 aliphatic carbocycles. The van der Waals surface area contributed by atoms with Gasteiger partial charge in [0.2, 0.25) is 0 Å². The molecule has 0 saturated heterocycles. The normalized spacial score (nSPS) is 11.3. The number of aromatic amines is 1. The molecule has 27 heavy (non-hydrogen) atoms. The average Bonchev–Trinajstić information content (AvgIpc) is 2.94. The highest BCUT2D eigenvalue weighted by Crippen LogP contribution is 2.25. The van der Waals surface area contributed by atoms with Crippen LogP contribution < -0.4 is 5.69 Å². The van der Waals surface area contributed by atoms with E-state index in [1.54, 1.807) is 18.5 Å². The maximum Gasteiger partial charge on any atom is 0.327 e. The van der Waals surface area contributed by atoms with Crippen molar-refractivity contribution in [3.05, 3.63) is 81.9 Å². The number of imidazole rings is 1. The van der Waals surface area contributed by atoms with Crippen LogP contribution in [0.5, 0.6) is 0 Å². The average molecular weight is 370 g/mol. The van der Waals surface area contributed by atoms with Crippen LogP contribution in [0.3, 0.4) is 0 Å². The molecule has 0 amide bonds. The summed E-state index contributed by atoms with van der Waals surface area (Å²) in [6, 6.07) is 5.26. The molecule has 0 aliphatic rings. The lowest BCUT2D eigenvalue weighted by Crippen LogP contribution is -2.17. The number of halogens is 3. The zero-order valence-electron chi connectivity index (χ0n) is 14.1. The van der Waals surface area contributed by atoms with Gasteiger partial charge in [-0.3, -0.25) is 14.5 Å². The fourth-order valence-electron chi connectivity index (χ4n) is 2.96. The van der Waals surface area contributed by atoms with Crippen LogP contribution in [0.1, 0.15) is 11.1 Å². The molecule has 1 N–H and O–H groups in total. The van der Waals surface area contributed by atoms with E-state index in [1.807, 2.05) is 13.0 Å². The van der Waals surface area contributed by atoms with Crippen LogP contribution >= 0.6 is 0 Å². The quantitative estimate of drug-likeness (QED) is 0.561. The molecule has 0 spiro atoms. The van der Waals surface area contributed by atoms with Crippen LogP contribution in [0.4, 0.5) is 13.2 Å². The molecular formula is C19H13F3N4O. The molecule has 0 unspecified atom stereocenters. The second kappa shape index (κ2) is 6.39. The minimum Gasteiger partial charge on any atom is -0.290 e. The minimum absolute atomic E-state index is 0.123. The molecule has 0 bridgehead atoms. The Labute approximate surface area is 151 Å². The number of nitrogens with zero attached hydrogens (tertiary/aromatic N) is 3. The first-order valence-corrected chi connectivity index (χ1v) is 8.06. The van der Waals surface area contributed by atoms with E-state index in [2.05, 4.69) is 15.0 Å². The van der Waals surface area contributed by atoms with Crippen molar-refractivity contribution in [3.8, 4) is 11.1 Å².